The quantitative estimate of drug-likeness (QED) is 0.361. The number of thioether (sulfide) groups is 1. The van der Waals surface area contributed by atoms with Gasteiger partial charge in [0.15, 0.2) is 5.16 Å². The van der Waals surface area contributed by atoms with Gasteiger partial charge in [0.25, 0.3) is 5.56 Å². The van der Waals surface area contributed by atoms with Crippen molar-refractivity contribution in [2.24, 2.45) is 0 Å². The second-order valence-electron chi connectivity index (χ2n) is 7.40. The van der Waals surface area contributed by atoms with Crippen LogP contribution in [0.5, 0.6) is 5.75 Å². The Morgan fingerprint density at radius 3 is 2.68 bits per heavy atom. The zero-order valence-corrected chi connectivity index (χ0v) is 20.1. The fourth-order valence-corrected chi connectivity index (χ4v) is 5.18. The molecule has 6 nitrogen and oxygen atoms in total. The van der Waals surface area contributed by atoms with E-state index >= 15 is 0 Å². The highest BCUT2D eigenvalue weighted by molar-refractivity contribution is 7.99. The van der Waals surface area contributed by atoms with Crippen LogP contribution in [0.25, 0.3) is 10.2 Å². The fourth-order valence-electron chi connectivity index (χ4n) is 3.25. The molecule has 0 saturated carbocycles. The van der Waals surface area contributed by atoms with E-state index in [0.29, 0.717) is 23.6 Å². The van der Waals surface area contributed by atoms with E-state index < -0.39 is 0 Å². The van der Waals surface area contributed by atoms with Crippen LogP contribution in [0.1, 0.15) is 35.8 Å². The Morgan fingerprint density at radius 2 is 2.00 bits per heavy atom. The SMILES string of the molecule is CCCCn1c(SCC(=O)NCCc2ccc(OC)cc2)nc2sc(C)c(C)c2c1=O. The van der Waals surface area contributed by atoms with Crippen molar-refractivity contribution < 1.29 is 9.53 Å². The van der Waals surface area contributed by atoms with Crippen LogP contribution < -0.4 is 15.6 Å². The van der Waals surface area contributed by atoms with Crippen LogP contribution in [0, 0.1) is 13.8 Å². The zero-order valence-electron chi connectivity index (χ0n) is 18.5. The number of rotatable bonds is 10. The highest BCUT2D eigenvalue weighted by Gasteiger charge is 2.17. The van der Waals surface area contributed by atoms with Crippen LogP contribution in [0.2, 0.25) is 0 Å². The second-order valence-corrected chi connectivity index (χ2v) is 9.55. The normalized spacial score (nSPS) is 11.1. The van der Waals surface area contributed by atoms with E-state index in [1.165, 1.54) is 11.8 Å². The lowest BCUT2D eigenvalue weighted by Crippen LogP contribution is -2.28. The van der Waals surface area contributed by atoms with E-state index in [2.05, 4.69) is 12.2 Å². The van der Waals surface area contributed by atoms with Gasteiger partial charge in [-0.05, 0) is 49.9 Å². The third-order valence-corrected chi connectivity index (χ3v) is 7.29. The Labute approximate surface area is 191 Å². The van der Waals surface area contributed by atoms with Gasteiger partial charge in [-0.3, -0.25) is 14.2 Å². The van der Waals surface area contributed by atoms with Crippen molar-refractivity contribution >= 4 is 39.2 Å². The van der Waals surface area contributed by atoms with Gasteiger partial charge in [0.2, 0.25) is 5.91 Å². The molecule has 0 bridgehead atoms. The minimum absolute atomic E-state index is 0.00251. The zero-order chi connectivity index (χ0) is 22.4. The number of amides is 1. The van der Waals surface area contributed by atoms with Crippen LogP contribution in [0.3, 0.4) is 0 Å². The molecule has 8 heteroatoms. The van der Waals surface area contributed by atoms with E-state index in [1.54, 1.807) is 23.0 Å². The van der Waals surface area contributed by atoms with Crippen LogP contribution in [0.15, 0.2) is 34.2 Å². The molecule has 1 aromatic carbocycles. The number of carbonyl (C=O) groups excluding carboxylic acids is 1. The molecule has 3 aromatic rings. The third-order valence-electron chi connectivity index (χ3n) is 5.22. The summed E-state index contributed by atoms with van der Waals surface area (Å²) in [5, 5.41) is 4.29. The number of benzene rings is 1. The lowest BCUT2D eigenvalue weighted by Gasteiger charge is -2.12. The summed E-state index contributed by atoms with van der Waals surface area (Å²) in [5.41, 5.74) is 2.15. The second kappa shape index (κ2) is 10.8. The summed E-state index contributed by atoms with van der Waals surface area (Å²) in [7, 11) is 1.64. The van der Waals surface area contributed by atoms with Gasteiger partial charge in [-0.1, -0.05) is 37.2 Å². The van der Waals surface area contributed by atoms with Crippen molar-refractivity contribution in [2.45, 2.75) is 51.7 Å². The van der Waals surface area contributed by atoms with Crippen molar-refractivity contribution in [1.82, 2.24) is 14.9 Å². The minimum atomic E-state index is -0.0616. The first-order valence-electron chi connectivity index (χ1n) is 10.5. The highest BCUT2D eigenvalue weighted by Crippen LogP contribution is 2.28. The molecule has 2 aromatic heterocycles. The molecule has 1 N–H and O–H groups in total. The molecule has 0 spiro atoms. The average Bonchev–Trinajstić information content (AvgIpc) is 3.05. The summed E-state index contributed by atoms with van der Waals surface area (Å²) >= 11 is 2.87. The van der Waals surface area contributed by atoms with Crippen molar-refractivity contribution in [3.05, 3.63) is 50.6 Å². The van der Waals surface area contributed by atoms with E-state index in [9.17, 15) is 9.59 Å². The number of nitrogens with zero attached hydrogens (tertiary/aromatic N) is 2. The number of aryl methyl sites for hydroxylation is 2. The number of nitrogens with one attached hydrogen (secondary N) is 1. The number of hydrogen-bond donors (Lipinski definition) is 1. The standard InChI is InChI=1S/C23H29N3O3S2/c1-5-6-13-26-22(28)20-15(2)16(3)31-21(20)25-23(26)30-14-19(27)24-12-11-17-7-9-18(29-4)10-8-17/h7-10H,5-6,11-14H2,1-4H3,(H,24,27). The molecule has 0 radical (unpaired) electrons. The fraction of sp³-hybridized carbons (Fsp3) is 0.435. The van der Waals surface area contributed by atoms with E-state index in [1.807, 2.05) is 38.1 Å². The maximum atomic E-state index is 13.1. The summed E-state index contributed by atoms with van der Waals surface area (Å²) in [4.78, 5) is 32.1. The van der Waals surface area contributed by atoms with Crippen LogP contribution in [0.4, 0.5) is 0 Å². The molecule has 0 fully saturated rings. The Morgan fingerprint density at radius 1 is 1.26 bits per heavy atom. The first-order chi connectivity index (χ1) is 14.9. The smallest absolute Gasteiger partial charge is 0.263 e. The van der Waals surface area contributed by atoms with Gasteiger partial charge in [0.05, 0.1) is 18.2 Å². The molecule has 0 unspecified atom stereocenters. The number of hydrogen-bond acceptors (Lipinski definition) is 6. The molecular weight excluding hydrogens is 430 g/mol. The average molecular weight is 460 g/mol. The monoisotopic (exact) mass is 459 g/mol. The lowest BCUT2D eigenvalue weighted by atomic mass is 10.1. The predicted molar refractivity (Wildman–Crippen MR) is 129 cm³/mol. The van der Waals surface area contributed by atoms with E-state index in [4.69, 9.17) is 9.72 Å². The number of aromatic nitrogens is 2. The summed E-state index contributed by atoms with van der Waals surface area (Å²) in [6, 6.07) is 7.82. The molecular formula is C23H29N3O3S2. The van der Waals surface area contributed by atoms with Crippen LogP contribution in [-0.2, 0) is 17.8 Å². The van der Waals surface area contributed by atoms with E-state index in [0.717, 1.165) is 45.8 Å². The van der Waals surface area contributed by atoms with Gasteiger partial charge in [0.1, 0.15) is 10.6 Å². The maximum Gasteiger partial charge on any atom is 0.263 e. The molecule has 0 aliphatic heterocycles. The van der Waals surface area contributed by atoms with Crippen molar-refractivity contribution in [3.63, 3.8) is 0 Å². The Hall–Kier alpha value is -2.32. The maximum absolute atomic E-state index is 13.1. The molecule has 0 atom stereocenters. The Kier molecular flexibility index (Phi) is 8.15. The molecule has 2 heterocycles. The van der Waals surface area contributed by atoms with Gasteiger partial charge in [-0.2, -0.15) is 0 Å². The molecule has 0 saturated heterocycles. The van der Waals surface area contributed by atoms with Gasteiger partial charge in [0, 0.05) is 18.0 Å². The predicted octanol–water partition coefficient (Wildman–Crippen LogP) is 4.33. The number of thiophene rings is 1. The Bertz CT molecular complexity index is 1100. The first-order valence-corrected chi connectivity index (χ1v) is 12.3. The largest absolute Gasteiger partial charge is 0.497 e. The lowest BCUT2D eigenvalue weighted by molar-refractivity contribution is -0.118. The molecule has 1 amide bonds. The van der Waals surface area contributed by atoms with Crippen LogP contribution >= 0.6 is 23.1 Å². The number of ether oxygens (including phenoxy) is 1. The molecule has 166 valence electrons. The molecule has 3 rings (SSSR count). The summed E-state index contributed by atoms with van der Waals surface area (Å²) in [5.74, 6) is 0.989. The summed E-state index contributed by atoms with van der Waals surface area (Å²) in [6.07, 6.45) is 2.64. The highest BCUT2D eigenvalue weighted by atomic mass is 32.2. The van der Waals surface area contributed by atoms with Crippen molar-refractivity contribution in [1.29, 1.82) is 0 Å². The molecule has 0 aliphatic rings. The van der Waals surface area contributed by atoms with Crippen molar-refractivity contribution in [2.75, 3.05) is 19.4 Å². The Balaban J connectivity index is 1.64. The van der Waals surface area contributed by atoms with E-state index in [-0.39, 0.29) is 17.2 Å². The number of fused-ring (bicyclic) bond motifs is 1. The van der Waals surface area contributed by atoms with Gasteiger partial charge >= 0.3 is 0 Å². The minimum Gasteiger partial charge on any atom is -0.497 e. The summed E-state index contributed by atoms with van der Waals surface area (Å²) < 4.78 is 6.90. The first kappa shape index (κ1) is 23.3. The number of methoxy groups -OCH3 is 1. The van der Waals surface area contributed by atoms with Gasteiger partial charge in [-0.15, -0.1) is 11.3 Å². The van der Waals surface area contributed by atoms with Gasteiger partial charge in [-0.25, -0.2) is 4.98 Å². The number of carbonyl (C=O) groups is 1. The van der Waals surface area contributed by atoms with Gasteiger partial charge < -0.3 is 10.1 Å². The topological polar surface area (TPSA) is 73.2 Å². The third kappa shape index (κ3) is 5.68. The van der Waals surface area contributed by atoms with Crippen LogP contribution in [-0.4, -0.2) is 34.9 Å². The summed E-state index contributed by atoms with van der Waals surface area (Å²) in [6.45, 7) is 7.27. The molecule has 0 aliphatic carbocycles. The van der Waals surface area contributed by atoms with Crippen molar-refractivity contribution in [3.8, 4) is 5.75 Å². The number of unbranched alkanes of at least 4 members (excludes halogenated alkanes) is 1. The molecule has 31 heavy (non-hydrogen) atoms.